The van der Waals surface area contributed by atoms with E-state index in [0.717, 1.165) is 18.1 Å². The van der Waals surface area contributed by atoms with Crippen molar-refractivity contribution in [3.63, 3.8) is 0 Å². The molecule has 1 saturated carbocycles. The van der Waals surface area contributed by atoms with Gasteiger partial charge in [-0.1, -0.05) is 46.6 Å². The van der Waals surface area contributed by atoms with Gasteiger partial charge in [-0.3, -0.25) is 29.4 Å². The lowest BCUT2D eigenvalue weighted by molar-refractivity contribution is -0.384. The molecule has 2 amide bonds. The summed E-state index contributed by atoms with van der Waals surface area (Å²) in [7, 11) is 0. The van der Waals surface area contributed by atoms with Crippen LogP contribution in [0.15, 0.2) is 65.1 Å². The van der Waals surface area contributed by atoms with E-state index in [9.17, 15) is 29.3 Å². The number of aromatic nitrogens is 1. The van der Waals surface area contributed by atoms with E-state index < -0.39 is 29.0 Å². The fraction of sp³-hybridized carbons (Fsp3) is 0.265. The molecule has 0 bridgehead atoms. The number of anilines is 1. The van der Waals surface area contributed by atoms with Gasteiger partial charge in [0.1, 0.15) is 5.02 Å². The van der Waals surface area contributed by atoms with Crippen LogP contribution in [0.25, 0.3) is 22.2 Å². The van der Waals surface area contributed by atoms with Gasteiger partial charge in [-0.05, 0) is 80.1 Å². The predicted molar refractivity (Wildman–Crippen MR) is 175 cm³/mol. The largest absolute Gasteiger partial charge is 0.454 e. The van der Waals surface area contributed by atoms with E-state index in [1.54, 1.807) is 36.4 Å². The van der Waals surface area contributed by atoms with Gasteiger partial charge < -0.3 is 4.74 Å². The third-order valence-corrected chi connectivity index (χ3v) is 9.47. The molecule has 12 heteroatoms. The maximum Gasteiger partial charge on any atom is 0.339 e. The third kappa shape index (κ3) is 5.80. The van der Waals surface area contributed by atoms with E-state index in [1.165, 1.54) is 17.0 Å². The number of nitro groups is 1. The van der Waals surface area contributed by atoms with Crippen molar-refractivity contribution in [2.24, 2.45) is 17.8 Å². The smallest absolute Gasteiger partial charge is 0.339 e. The van der Waals surface area contributed by atoms with Gasteiger partial charge in [-0.15, -0.1) is 0 Å². The number of imide groups is 1. The number of hydrogen-bond acceptors (Lipinski definition) is 8. The Labute approximate surface area is 277 Å². The molecule has 4 aromatic rings. The summed E-state index contributed by atoms with van der Waals surface area (Å²) in [6.07, 6.45) is 2.36. The molecule has 1 aliphatic heterocycles. The number of amides is 2. The molecule has 3 unspecified atom stereocenters. The number of benzene rings is 3. The molecule has 2 fully saturated rings. The van der Waals surface area contributed by atoms with Crippen molar-refractivity contribution < 1.29 is 28.8 Å². The Kier molecular flexibility index (Phi) is 8.47. The van der Waals surface area contributed by atoms with Crippen LogP contribution in [0, 0.1) is 34.8 Å². The number of aryl methyl sites for hydroxylation is 1. The first kappa shape index (κ1) is 31.5. The summed E-state index contributed by atoms with van der Waals surface area (Å²) in [4.78, 5) is 69.3. The van der Waals surface area contributed by atoms with Crippen LogP contribution in [0.4, 0.5) is 11.4 Å². The molecule has 0 radical (unpaired) electrons. The van der Waals surface area contributed by atoms with Crippen molar-refractivity contribution in [2.75, 3.05) is 11.5 Å². The highest BCUT2D eigenvalue weighted by atomic mass is 79.9. The molecule has 6 rings (SSSR count). The van der Waals surface area contributed by atoms with Crippen molar-refractivity contribution in [2.45, 2.75) is 33.1 Å². The number of ether oxygens (including phenoxy) is 1. The van der Waals surface area contributed by atoms with Crippen LogP contribution in [-0.2, 0) is 14.3 Å². The molecular formula is C34H27BrClN3O7. The van der Waals surface area contributed by atoms with Gasteiger partial charge in [0.25, 0.3) is 5.69 Å². The Bertz CT molecular complexity index is 1960. The van der Waals surface area contributed by atoms with Gasteiger partial charge in [0.05, 0.1) is 39.2 Å². The van der Waals surface area contributed by atoms with E-state index in [2.05, 4.69) is 22.9 Å². The van der Waals surface area contributed by atoms with Crippen LogP contribution in [-0.4, -0.2) is 40.1 Å². The van der Waals surface area contributed by atoms with Gasteiger partial charge >= 0.3 is 5.97 Å². The number of carbonyl (C=O) groups is 4. The molecular weight excluding hydrogens is 678 g/mol. The summed E-state index contributed by atoms with van der Waals surface area (Å²) in [5, 5.41) is 11.6. The zero-order valence-electron chi connectivity index (χ0n) is 24.8. The summed E-state index contributed by atoms with van der Waals surface area (Å²) in [6, 6.07) is 15.7. The van der Waals surface area contributed by atoms with Crippen LogP contribution in [0.3, 0.4) is 0 Å². The molecule has 10 nitrogen and oxygen atoms in total. The molecule has 2 heterocycles. The third-order valence-electron chi connectivity index (χ3n) is 8.70. The monoisotopic (exact) mass is 703 g/mol. The Morgan fingerprint density at radius 1 is 1.04 bits per heavy atom. The van der Waals surface area contributed by atoms with E-state index >= 15 is 0 Å². The zero-order chi connectivity index (χ0) is 32.9. The Morgan fingerprint density at radius 3 is 2.48 bits per heavy atom. The van der Waals surface area contributed by atoms with E-state index in [4.69, 9.17) is 21.3 Å². The summed E-state index contributed by atoms with van der Waals surface area (Å²) in [5.41, 5.74) is 2.60. The average molecular weight is 705 g/mol. The second-order valence-electron chi connectivity index (χ2n) is 11.8. The zero-order valence-corrected chi connectivity index (χ0v) is 27.1. The fourth-order valence-corrected chi connectivity index (χ4v) is 7.08. The Balaban J connectivity index is 1.29. The summed E-state index contributed by atoms with van der Waals surface area (Å²) >= 11 is 9.32. The summed E-state index contributed by atoms with van der Waals surface area (Å²) < 4.78 is 6.11. The number of ketones is 1. The van der Waals surface area contributed by atoms with Crippen LogP contribution in [0.2, 0.25) is 5.02 Å². The van der Waals surface area contributed by atoms with Gasteiger partial charge in [-0.2, -0.15) is 0 Å². The minimum atomic E-state index is -0.787. The fourth-order valence-electron chi connectivity index (χ4n) is 6.32. The van der Waals surface area contributed by atoms with Crippen molar-refractivity contribution in [1.29, 1.82) is 0 Å². The Morgan fingerprint density at radius 2 is 1.76 bits per heavy atom. The van der Waals surface area contributed by atoms with Gasteiger partial charge in [0.15, 0.2) is 6.61 Å². The topological polar surface area (TPSA) is 137 Å². The maximum atomic E-state index is 13.4. The number of esters is 1. The second kappa shape index (κ2) is 12.4. The highest BCUT2D eigenvalue weighted by Gasteiger charge is 2.49. The first-order chi connectivity index (χ1) is 21.9. The molecule has 0 N–H and O–H groups in total. The molecule has 3 atom stereocenters. The highest BCUT2D eigenvalue weighted by molar-refractivity contribution is 9.10. The standard InChI is InChI=1S/C34H27BrClN3O7/c1-17-3-9-23-25(11-17)33(42)38(32(23)41)22-7-4-19(5-8-22)28-15-26(24-14-21(35)12-18(2)31(24)37-28)34(43)46-16-30(40)20-6-10-27(36)29(13-20)39(44)45/h4-8,10,12-15,17,23,25H,3,9,11,16H2,1-2H3. The lowest BCUT2D eigenvalue weighted by Gasteiger charge is -2.25. The summed E-state index contributed by atoms with van der Waals surface area (Å²) in [6.45, 7) is 3.30. The number of halogens is 2. The number of hydrogen-bond donors (Lipinski definition) is 0. The molecule has 2 aliphatic rings. The minimum Gasteiger partial charge on any atom is -0.454 e. The van der Waals surface area contributed by atoms with Crippen LogP contribution in [0.1, 0.15) is 52.5 Å². The molecule has 3 aromatic carbocycles. The van der Waals surface area contributed by atoms with Crippen molar-refractivity contribution >= 4 is 73.4 Å². The Hall–Kier alpha value is -4.48. The van der Waals surface area contributed by atoms with E-state index in [1.807, 2.05) is 13.0 Å². The maximum absolute atomic E-state index is 13.4. The molecule has 0 spiro atoms. The van der Waals surface area contributed by atoms with Crippen LogP contribution >= 0.6 is 27.5 Å². The number of pyridine rings is 1. The normalized spacial score (nSPS) is 19.3. The minimum absolute atomic E-state index is 0.0217. The molecule has 46 heavy (non-hydrogen) atoms. The lowest BCUT2D eigenvalue weighted by atomic mass is 9.76. The molecule has 234 valence electrons. The predicted octanol–water partition coefficient (Wildman–Crippen LogP) is 7.50. The number of Topliss-reactive ketones (excluding diaryl/α,β-unsaturated/α-hetero) is 1. The molecule has 1 saturated heterocycles. The number of carbonyl (C=O) groups excluding carboxylic acids is 4. The number of nitro benzene ring substituents is 1. The first-order valence-corrected chi connectivity index (χ1v) is 15.8. The average Bonchev–Trinajstić information content (AvgIpc) is 3.27. The number of fused-ring (bicyclic) bond motifs is 2. The second-order valence-corrected chi connectivity index (χ2v) is 13.1. The van der Waals surface area contributed by atoms with Crippen molar-refractivity contribution in [3.05, 3.63) is 97.0 Å². The SMILES string of the molecule is Cc1cc(Br)cc2c(C(=O)OCC(=O)c3ccc(Cl)c([N+](=O)[O-])c3)cc(-c3ccc(N4C(=O)C5CCC(C)CC5C4=O)cc3)nc12. The number of nitrogens with zero attached hydrogens (tertiary/aromatic N) is 3. The van der Waals surface area contributed by atoms with E-state index in [-0.39, 0.29) is 39.8 Å². The molecule has 1 aromatic heterocycles. The first-order valence-electron chi connectivity index (χ1n) is 14.7. The van der Waals surface area contributed by atoms with Crippen LogP contribution in [0.5, 0.6) is 0 Å². The van der Waals surface area contributed by atoms with Gasteiger partial charge in [0, 0.05) is 27.1 Å². The quantitative estimate of drug-likeness (QED) is 0.0634. The summed E-state index contributed by atoms with van der Waals surface area (Å²) in [5.74, 6) is -1.90. The van der Waals surface area contributed by atoms with Gasteiger partial charge in [0.2, 0.25) is 17.6 Å². The van der Waals surface area contributed by atoms with Crippen LogP contribution < -0.4 is 4.90 Å². The van der Waals surface area contributed by atoms with Gasteiger partial charge in [-0.25, -0.2) is 9.78 Å². The number of rotatable bonds is 7. The van der Waals surface area contributed by atoms with Crippen molar-refractivity contribution in [3.8, 4) is 11.3 Å². The van der Waals surface area contributed by atoms with Crippen molar-refractivity contribution in [1.82, 2.24) is 4.98 Å². The lowest BCUT2D eigenvalue weighted by Crippen LogP contribution is -2.30. The van der Waals surface area contributed by atoms with E-state index in [0.29, 0.717) is 51.1 Å². The highest BCUT2D eigenvalue weighted by Crippen LogP contribution is 2.42. The molecule has 1 aliphatic carbocycles.